The van der Waals surface area contributed by atoms with E-state index in [9.17, 15) is 14.8 Å². The number of ketones is 2. The molecular formula is C22H31NO3. The Balaban J connectivity index is 1.66. The SMILES string of the molecule is CC1(C)[C@H]2CC[C@@]1(C)C(=O)/C2=C\N(O)/C=C1/C(=O)[C@@]2(C)CC[C@H]1C2(C)C. The second-order valence-electron chi connectivity index (χ2n) is 10.5. The molecule has 4 bridgehead atoms. The van der Waals surface area contributed by atoms with Gasteiger partial charge in [-0.05, 0) is 48.3 Å². The highest BCUT2D eigenvalue weighted by molar-refractivity contribution is 6.05. The van der Waals surface area contributed by atoms with Crippen LogP contribution in [0.15, 0.2) is 23.5 Å². The number of nitrogens with zero attached hydrogens (tertiary/aromatic N) is 1. The number of Topliss-reactive ketones (excluding diaryl/α,β-unsaturated/α-hetero) is 2. The fourth-order valence-corrected chi connectivity index (χ4v) is 6.48. The maximum atomic E-state index is 12.9. The summed E-state index contributed by atoms with van der Waals surface area (Å²) in [5, 5.41) is 11.5. The first kappa shape index (κ1) is 18.0. The van der Waals surface area contributed by atoms with Crippen LogP contribution in [0, 0.1) is 33.5 Å². The van der Waals surface area contributed by atoms with E-state index in [1.54, 1.807) is 12.4 Å². The Kier molecular flexibility index (Phi) is 3.38. The van der Waals surface area contributed by atoms with Gasteiger partial charge in [0, 0.05) is 34.4 Å². The number of fused-ring (bicyclic) bond motifs is 4. The Morgan fingerprint density at radius 1 is 0.808 bits per heavy atom. The van der Waals surface area contributed by atoms with Gasteiger partial charge in [0.1, 0.15) is 0 Å². The van der Waals surface area contributed by atoms with Crippen molar-refractivity contribution in [2.45, 2.75) is 67.2 Å². The third-order valence-corrected chi connectivity index (χ3v) is 9.27. The number of hydrogen-bond donors (Lipinski definition) is 1. The first-order valence-corrected chi connectivity index (χ1v) is 9.88. The van der Waals surface area contributed by atoms with E-state index in [1.165, 1.54) is 0 Å². The zero-order chi connectivity index (χ0) is 19.3. The van der Waals surface area contributed by atoms with Crippen LogP contribution >= 0.6 is 0 Å². The minimum atomic E-state index is -0.338. The summed E-state index contributed by atoms with van der Waals surface area (Å²) < 4.78 is 0. The molecule has 0 aromatic heterocycles. The molecule has 0 aliphatic heterocycles. The van der Waals surface area contributed by atoms with Gasteiger partial charge < -0.3 is 0 Å². The van der Waals surface area contributed by atoms with Gasteiger partial charge in [0.05, 0.1) is 0 Å². The van der Waals surface area contributed by atoms with Gasteiger partial charge in [-0.2, -0.15) is 0 Å². The van der Waals surface area contributed by atoms with Crippen molar-refractivity contribution in [1.82, 2.24) is 5.06 Å². The van der Waals surface area contributed by atoms with Crippen LogP contribution in [-0.4, -0.2) is 21.8 Å². The van der Waals surface area contributed by atoms with Crippen molar-refractivity contribution in [3.8, 4) is 0 Å². The van der Waals surface area contributed by atoms with Crippen LogP contribution in [0.5, 0.6) is 0 Å². The molecule has 0 heterocycles. The highest BCUT2D eigenvalue weighted by Gasteiger charge is 2.65. The predicted molar refractivity (Wildman–Crippen MR) is 99.0 cm³/mol. The molecule has 0 radical (unpaired) electrons. The van der Waals surface area contributed by atoms with E-state index in [1.807, 2.05) is 0 Å². The number of allylic oxidation sites excluding steroid dienone is 2. The van der Waals surface area contributed by atoms with Gasteiger partial charge in [0.25, 0.3) is 0 Å². The fraction of sp³-hybridized carbons (Fsp3) is 0.727. The van der Waals surface area contributed by atoms with Gasteiger partial charge in [0.15, 0.2) is 11.6 Å². The summed E-state index contributed by atoms with van der Waals surface area (Å²) in [6.07, 6.45) is 6.94. The summed E-state index contributed by atoms with van der Waals surface area (Å²) in [5.41, 5.74) is 0.585. The van der Waals surface area contributed by atoms with Crippen molar-refractivity contribution in [2.75, 3.05) is 0 Å². The van der Waals surface area contributed by atoms with E-state index >= 15 is 0 Å². The lowest BCUT2D eigenvalue weighted by atomic mass is 9.70. The maximum absolute atomic E-state index is 12.9. The summed E-state index contributed by atoms with van der Waals surface area (Å²) in [7, 11) is 0. The molecule has 4 saturated carbocycles. The normalized spacial score (nSPS) is 45.3. The topological polar surface area (TPSA) is 57.6 Å². The van der Waals surface area contributed by atoms with Crippen LogP contribution in [0.25, 0.3) is 0 Å². The van der Waals surface area contributed by atoms with E-state index in [0.29, 0.717) is 11.1 Å². The predicted octanol–water partition coefficient (Wildman–Crippen LogP) is 4.50. The van der Waals surface area contributed by atoms with Crippen LogP contribution in [0.2, 0.25) is 0 Å². The molecular weight excluding hydrogens is 326 g/mol. The lowest BCUT2D eigenvalue weighted by Crippen LogP contribution is -2.32. The molecule has 4 rings (SSSR count). The van der Waals surface area contributed by atoms with Crippen molar-refractivity contribution in [3.63, 3.8) is 0 Å². The second-order valence-corrected chi connectivity index (χ2v) is 10.5. The molecule has 4 fully saturated rings. The average molecular weight is 357 g/mol. The van der Waals surface area contributed by atoms with Gasteiger partial charge in [-0.15, -0.1) is 0 Å². The van der Waals surface area contributed by atoms with E-state index in [-0.39, 0.29) is 45.1 Å². The molecule has 4 aliphatic rings. The van der Waals surface area contributed by atoms with Crippen LogP contribution in [0.1, 0.15) is 67.2 Å². The van der Waals surface area contributed by atoms with E-state index in [0.717, 1.165) is 30.7 Å². The first-order valence-electron chi connectivity index (χ1n) is 9.88. The summed E-state index contributed by atoms with van der Waals surface area (Å²) in [4.78, 5) is 25.9. The van der Waals surface area contributed by atoms with Gasteiger partial charge in [0.2, 0.25) is 0 Å². The van der Waals surface area contributed by atoms with Crippen molar-refractivity contribution in [2.24, 2.45) is 33.5 Å². The lowest BCUT2D eigenvalue weighted by molar-refractivity contribution is -0.126. The molecule has 26 heavy (non-hydrogen) atoms. The number of carbonyl (C=O) groups excluding carboxylic acids is 2. The smallest absolute Gasteiger partial charge is 0.167 e. The summed E-state index contributed by atoms with van der Waals surface area (Å²) in [6.45, 7) is 12.7. The van der Waals surface area contributed by atoms with Crippen LogP contribution < -0.4 is 0 Å². The van der Waals surface area contributed by atoms with Crippen LogP contribution in [-0.2, 0) is 9.59 Å². The molecule has 0 aromatic rings. The Morgan fingerprint density at radius 2 is 1.15 bits per heavy atom. The van der Waals surface area contributed by atoms with Crippen LogP contribution in [0.4, 0.5) is 0 Å². The minimum Gasteiger partial charge on any atom is -0.294 e. The zero-order valence-corrected chi connectivity index (χ0v) is 16.8. The number of carbonyl (C=O) groups is 2. The summed E-state index contributed by atoms with van der Waals surface area (Å²) in [5.74, 6) is 0.668. The molecule has 0 spiro atoms. The maximum Gasteiger partial charge on any atom is 0.167 e. The Hall–Kier alpha value is -1.42. The fourth-order valence-electron chi connectivity index (χ4n) is 6.48. The number of rotatable bonds is 2. The monoisotopic (exact) mass is 357 g/mol. The Morgan fingerprint density at radius 3 is 1.42 bits per heavy atom. The molecule has 142 valence electrons. The van der Waals surface area contributed by atoms with E-state index in [4.69, 9.17) is 0 Å². The minimum absolute atomic E-state index is 0.0817. The average Bonchev–Trinajstić information content (AvgIpc) is 3.02. The van der Waals surface area contributed by atoms with E-state index < -0.39 is 0 Å². The van der Waals surface area contributed by atoms with Gasteiger partial charge in [-0.1, -0.05) is 41.5 Å². The van der Waals surface area contributed by atoms with Gasteiger partial charge >= 0.3 is 0 Å². The molecule has 4 atom stereocenters. The van der Waals surface area contributed by atoms with Crippen molar-refractivity contribution in [1.29, 1.82) is 0 Å². The van der Waals surface area contributed by atoms with Crippen molar-refractivity contribution < 1.29 is 14.8 Å². The quantitative estimate of drug-likeness (QED) is 0.584. The molecule has 0 aromatic carbocycles. The zero-order valence-electron chi connectivity index (χ0n) is 16.8. The third-order valence-electron chi connectivity index (χ3n) is 9.27. The van der Waals surface area contributed by atoms with Crippen molar-refractivity contribution >= 4 is 11.6 Å². The third kappa shape index (κ3) is 1.79. The van der Waals surface area contributed by atoms with Crippen LogP contribution in [0.3, 0.4) is 0 Å². The van der Waals surface area contributed by atoms with Gasteiger partial charge in [-0.3, -0.25) is 14.8 Å². The molecule has 1 N–H and O–H groups in total. The molecule has 4 nitrogen and oxygen atoms in total. The number of hydroxylamine groups is 2. The largest absolute Gasteiger partial charge is 0.294 e. The molecule has 4 heteroatoms. The molecule has 0 saturated heterocycles. The highest BCUT2D eigenvalue weighted by atomic mass is 16.5. The lowest BCUT2D eigenvalue weighted by Gasteiger charge is -2.31. The molecule has 0 amide bonds. The standard InChI is InChI=1S/C22H31NO3/c1-19(2)15-7-9-21(19,5)17(24)13(15)11-23(26)12-14-16-8-10-22(6,18(14)25)20(16,3)4/h11-12,15-16,26H,7-10H2,1-6H3/b13-11-,14-12+/t15-,16+,21-,22+/m0/s1. The summed E-state index contributed by atoms with van der Waals surface area (Å²) >= 11 is 0. The van der Waals surface area contributed by atoms with Gasteiger partial charge in [-0.25, -0.2) is 5.06 Å². The second kappa shape index (κ2) is 4.89. The Bertz CT molecular complexity index is 710. The number of hydrogen-bond acceptors (Lipinski definition) is 4. The molecule has 4 aliphatic carbocycles. The van der Waals surface area contributed by atoms with E-state index in [2.05, 4.69) is 41.5 Å². The highest BCUT2D eigenvalue weighted by Crippen LogP contribution is 2.66. The summed E-state index contributed by atoms with van der Waals surface area (Å²) in [6, 6.07) is 0. The van der Waals surface area contributed by atoms with Crippen molar-refractivity contribution in [3.05, 3.63) is 23.5 Å². The first-order chi connectivity index (χ1) is 11.9. The Labute approximate surface area is 156 Å². The molecule has 0 unspecified atom stereocenters.